The molecule has 62 heavy (non-hydrogen) atoms. The van der Waals surface area contributed by atoms with E-state index in [9.17, 15) is 0 Å². The Labute approximate surface area is 354 Å². The number of hydrogen-bond donors (Lipinski definition) is 0. The molecular formula is C57H32N4O. The van der Waals surface area contributed by atoms with Gasteiger partial charge in [-0.25, -0.2) is 4.98 Å². The Kier molecular flexibility index (Phi) is 6.77. The van der Waals surface area contributed by atoms with Crippen LogP contribution < -0.4 is 0 Å². The highest BCUT2D eigenvalue weighted by Gasteiger charge is 2.25. The summed E-state index contributed by atoms with van der Waals surface area (Å²) in [6.45, 7) is 0. The Hall–Kier alpha value is -8.41. The lowest BCUT2D eigenvalue weighted by Crippen LogP contribution is -2.06. The summed E-state index contributed by atoms with van der Waals surface area (Å²) in [5.74, 6) is 1.83. The van der Waals surface area contributed by atoms with Crippen molar-refractivity contribution in [1.82, 2.24) is 19.5 Å². The zero-order chi connectivity index (χ0) is 40.5. The summed E-state index contributed by atoms with van der Waals surface area (Å²) in [4.78, 5) is 15.9. The molecule has 0 saturated carbocycles. The molecule has 1 aliphatic rings. The molecule has 0 spiro atoms. The second kappa shape index (κ2) is 12.6. The van der Waals surface area contributed by atoms with Gasteiger partial charge in [-0.05, 0) is 102 Å². The van der Waals surface area contributed by atoms with Crippen LogP contribution in [0.5, 0.6) is 0 Å². The normalized spacial score (nSPS) is 12.2. The average Bonchev–Trinajstić information content (AvgIpc) is 3.99. The van der Waals surface area contributed by atoms with Gasteiger partial charge in [0.15, 0.2) is 11.6 Å². The van der Waals surface area contributed by atoms with Crippen molar-refractivity contribution in [2.75, 3.05) is 0 Å². The number of furan rings is 1. The number of para-hydroxylation sites is 1. The van der Waals surface area contributed by atoms with Crippen LogP contribution in [0.1, 0.15) is 0 Å². The van der Waals surface area contributed by atoms with Gasteiger partial charge in [0.2, 0.25) is 5.95 Å². The number of benzene rings is 10. The average molecular weight is 789 g/mol. The topological polar surface area (TPSA) is 56.7 Å². The zero-order valence-corrected chi connectivity index (χ0v) is 33.2. The Morgan fingerprint density at radius 3 is 1.60 bits per heavy atom. The van der Waals surface area contributed by atoms with Crippen molar-refractivity contribution in [3.63, 3.8) is 0 Å². The van der Waals surface area contributed by atoms with Crippen LogP contribution in [-0.2, 0) is 0 Å². The smallest absolute Gasteiger partial charge is 0.238 e. The molecule has 286 valence electrons. The van der Waals surface area contributed by atoms with E-state index in [0.29, 0.717) is 17.6 Å². The number of hydrogen-bond acceptors (Lipinski definition) is 4. The highest BCUT2D eigenvalue weighted by Crippen LogP contribution is 2.51. The SMILES string of the molecule is c1ccc2c(c1)-c1cccc3c1c-2cc1oc2ccc(-c4ccc5c(c4)c4ccccc4n5-c4nc(-c5cccc6ccccc56)nc(-c5cccc6ccccc56)n4)cc2c13. The molecule has 0 bridgehead atoms. The summed E-state index contributed by atoms with van der Waals surface area (Å²) in [5, 5.41) is 11.5. The molecule has 13 aromatic rings. The van der Waals surface area contributed by atoms with Gasteiger partial charge >= 0.3 is 0 Å². The fourth-order valence-electron chi connectivity index (χ4n) is 10.2. The van der Waals surface area contributed by atoms with E-state index in [1.807, 2.05) is 0 Å². The van der Waals surface area contributed by atoms with Crippen LogP contribution in [0, 0.1) is 0 Å². The van der Waals surface area contributed by atoms with E-state index in [2.05, 4.69) is 199 Å². The summed E-state index contributed by atoms with van der Waals surface area (Å²) in [5.41, 5.74) is 13.1. The summed E-state index contributed by atoms with van der Waals surface area (Å²) >= 11 is 0. The molecule has 3 aromatic heterocycles. The fourth-order valence-corrected chi connectivity index (χ4v) is 10.2. The van der Waals surface area contributed by atoms with Crippen molar-refractivity contribution >= 4 is 76.1 Å². The summed E-state index contributed by atoms with van der Waals surface area (Å²) in [7, 11) is 0. The van der Waals surface area contributed by atoms with Gasteiger partial charge in [-0.1, -0.05) is 158 Å². The fraction of sp³-hybridized carbons (Fsp3) is 0. The van der Waals surface area contributed by atoms with E-state index >= 15 is 0 Å². The van der Waals surface area contributed by atoms with Gasteiger partial charge in [-0.2, -0.15) is 9.97 Å². The molecule has 10 aromatic carbocycles. The van der Waals surface area contributed by atoms with Gasteiger partial charge in [-0.15, -0.1) is 0 Å². The van der Waals surface area contributed by atoms with E-state index in [0.717, 1.165) is 87.5 Å². The molecule has 0 fully saturated rings. The van der Waals surface area contributed by atoms with Gasteiger partial charge in [0.05, 0.1) is 11.0 Å². The molecule has 5 heteroatoms. The molecular weight excluding hydrogens is 757 g/mol. The van der Waals surface area contributed by atoms with Gasteiger partial charge in [0, 0.05) is 32.7 Å². The number of nitrogens with zero attached hydrogens (tertiary/aromatic N) is 4. The van der Waals surface area contributed by atoms with Crippen LogP contribution in [0.3, 0.4) is 0 Å². The molecule has 14 rings (SSSR count). The van der Waals surface area contributed by atoms with E-state index in [1.54, 1.807) is 0 Å². The van der Waals surface area contributed by atoms with Gasteiger partial charge in [0.1, 0.15) is 11.2 Å². The minimum absolute atomic E-state index is 0.571. The van der Waals surface area contributed by atoms with Crippen LogP contribution in [0.2, 0.25) is 0 Å². The predicted molar refractivity (Wildman–Crippen MR) is 255 cm³/mol. The minimum atomic E-state index is 0.571. The largest absolute Gasteiger partial charge is 0.456 e. The quantitative estimate of drug-likeness (QED) is 0.178. The Morgan fingerprint density at radius 2 is 0.855 bits per heavy atom. The predicted octanol–water partition coefficient (Wildman–Crippen LogP) is 15.0. The lowest BCUT2D eigenvalue weighted by molar-refractivity contribution is 0.669. The van der Waals surface area contributed by atoms with Gasteiger partial charge in [0.25, 0.3) is 0 Å². The minimum Gasteiger partial charge on any atom is -0.456 e. The summed E-state index contributed by atoms with van der Waals surface area (Å²) in [6.07, 6.45) is 0. The Balaban J connectivity index is 0.977. The van der Waals surface area contributed by atoms with E-state index in [1.165, 1.54) is 33.0 Å². The van der Waals surface area contributed by atoms with Crippen LogP contribution in [0.25, 0.3) is 138 Å². The molecule has 3 heterocycles. The maximum atomic E-state index is 6.62. The second-order valence-electron chi connectivity index (χ2n) is 16.3. The molecule has 0 unspecified atom stereocenters. The third-order valence-electron chi connectivity index (χ3n) is 13.0. The van der Waals surface area contributed by atoms with Crippen LogP contribution in [0.4, 0.5) is 0 Å². The third kappa shape index (κ3) is 4.70. The molecule has 0 saturated heterocycles. The lowest BCUT2D eigenvalue weighted by Gasteiger charge is -2.13. The first-order chi connectivity index (χ1) is 30.7. The van der Waals surface area contributed by atoms with E-state index in [-0.39, 0.29) is 0 Å². The zero-order valence-electron chi connectivity index (χ0n) is 33.2. The first-order valence-electron chi connectivity index (χ1n) is 21.0. The number of aromatic nitrogens is 4. The van der Waals surface area contributed by atoms with Crippen LogP contribution >= 0.6 is 0 Å². The standard InChI is InChI=1S/C57H32N4O/c1-3-16-37-33(12-1)14-9-22-43(37)55-58-56(44-23-10-15-34-13-2-4-17-38(34)44)60-57(59-55)61-49-25-8-7-20-41(49)46-30-35(26-28-50(46)61)36-27-29-51-48(31-36)54-45-24-11-21-42-39-18-5-6-19-40(39)47(53(42)45)32-52(54)62-51/h1-32H. The third-order valence-corrected chi connectivity index (χ3v) is 13.0. The molecule has 0 N–H and O–H groups in total. The maximum Gasteiger partial charge on any atom is 0.238 e. The van der Waals surface area contributed by atoms with Gasteiger partial charge < -0.3 is 4.42 Å². The van der Waals surface area contributed by atoms with Crippen molar-refractivity contribution in [1.29, 1.82) is 0 Å². The van der Waals surface area contributed by atoms with E-state index < -0.39 is 0 Å². The van der Waals surface area contributed by atoms with Crippen molar-refractivity contribution < 1.29 is 4.42 Å². The molecule has 0 aliphatic heterocycles. The Morgan fingerprint density at radius 1 is 0.323 bits per heavy atom. The maximum absolute atomic E-state index is 6.62. The highest BCUT2D eigenvalue weighted by atomic mass is 16.3. The summed E-state index contributed by atoms with van der Waals surface area (Å²) < 4.78 is 8.82. The van der Waals surface area contributed by atoms with Crippen LogP contribution in [-0.4, -0.2) is 19.5 Å². The molecule has 5 nitrogen and oxygen atoms in total. The molecule has 1 aliphatic carbocycles. The molecule has 0 radical (unpaired) electrons. The van der Waals surface area contributed by atoms with Crippen molar-refractivity contribution in [2.24, 2.45) is 0 Å². The Bertz CT molecular complexity index is 3950. The van der Waals surface area contributed by atoms with Crippen LogP contribution in [0.15, 0.2) is 199 Å². The van der Waals surface area contributed by atoms with Crippen molar-refractivity contribution in [3.8, 4) is 62.1 Å². The molecule has 0 atom stereocenters. The first-order valence-corrected chi connectivity index (χ1v) is 21.0. The van der Waals surface area contributed by atoms with Gasteiger partial charge in [-0.3, -0.25) is 4.57 Å². The second-order valence-corrected chi connectivity index (χ2v) is 16.3. The van der Waals surface area contributed by atoms with Crippen molar-refractivity contribution in [3.05, 3.63) is 194 Å². The first kappa shape index (κ1) is 33.4. The number of rotatable bonds is 4. The van der Waals surface area contributed by atoms with Crippen molar-refractivity contribution in [2.45, 2.75) is 0 Å². The molecule has 0 amide bonds. The monoisotopic (exact) mass is 788 g/mol. The lowest BCUT2D eigenvalue weighted by atomic mass is 9.96. The van der Waals surface area contributed by atoms with E-state index in [4.69, 9.17) is 19.4 Å². The summed E-state index contributed by atoms with van der Waals surface area (Å²) in [6, 6.07) is 69.0. The highest BCUT2D eigenvalue weighted by molar-refractivity contribution is 6.28. The number of fused-ring (bicyclic) bond motifs is 12.